The molecule has 0 aromatic carbocycles. The molecule has 4 heterocycles. The van der Waals surface area contributed by atoms with E-state index in [1.807, 2.05) is 37.2 Å². The van der Waals surface area contributed by atoms with Crippen LogP contribution in [0.3, 0.4) is 0 Å². The summed E-state index contributed by atoms with van der Waals surface area (Å²) in [6.07, 6.45) is 8.11. The maximum atomic E-state index is 5.56. The van der Waals surface area contributed by atoms with E-state index in [9.17, 15) is 0 Å². The van der Waals surface area contributed by atoms with Gasteiger partial charge in [0, 0.05) is 49.2 Å². The largest absolute Gasteiger partial charge is 0.359 e. The van der Waals surface area contributed by atoms with E-state index in [0.717, 1.165) is 36.5 Å². The smallest absolute Gasteiger partial charge is 0.151 e. The van der Waals surface area contributed by atoms with Crippen molar-refractivity contribution >= 4 is 0 Å². The molecule has 0 saturated carbocycles. The molecule has 7 nitrogen and oxygen atoms in total. The third kappa shape index (κ3) is 2.65. The SMILES string of the molecule is Cc1c(C2CCCN2Cc2cc(-c3cnn(C)c3)no2)cnn1C. The Morgan fingerprint density at radius 2 is 2.12 bits per heavy atom. The molecule has 1 unspecified atom stereocenters. The van der Waals surface area contributed by atoms with Gasteiger partial charge in [0.05, 0.1) is 18.9 Å². The van der Waals surface area contributed by atoms with Crippen LogP contribution in [0.4, 0.5) is 0 Å². The Morgan fingerprint density at radius 3 is 2.83 bits per heavy atom. The van der Waals surface area contributed by atoms with Gasteiger partial charge >= 0.3 is 0 Å². The van der Waals surface area contributed by atoms with E-state index in [4.69, 9.17) is 4.52 Å². The zero-order valence-corrected chi connectivity index (χ0v) is 14.3. The van der Waals surface area contributed by atoms with Crippen LogP contribution in [0.25, 0.3) is 11.3 Å². The highest BCUT2D eigenvalue weighted by molar-refractivity contribution is 5.56. The maximum Gasteiger partial charge on any atom is 0.151 e. The van der Waals surface area contributed by atoms with Gasteiger partial charge in [-0.1, -0.05) is 5.16 Å². The number of hydrogen-bond acceptors (Lipinski definition) is 5. The summed E-state index contributed by atoms with van der Waals surface area (Å²) in [7, 11) is 3.89. The van der Waals surface area contributed by atoms with Gasteiger partial charge in [-0.15, -0.1) is 0 Å². The first-order valence-electron chi connectivity index (χ1n) is 8.29. The molecule has 1 aliphatic rings. The lowest BCUT2D eigenvalue weighted by molar-refractivity contribution is 0.216. The molecule has 0 aliphatic carbocycles. The standard InChI is InChI=1S/C17H22N6O/c1-12-15(9-19-22(12)3)17-5-4-6-23(17)11-14-7-16(20-24-14)13-8-18-21(2)10-13/h7-10,17H,4-6,11H2,1-3H3. The molecule has 126 valence electrons. The van der Waals surface area contributed by atoms with Crippen LogP contribution in [0.2, 0.25) is 0 Å². The van der Waals surface area contributed by atoms with Crippen LogP contribution >= 0.6 is 0 Å². The van der Waals surface area contributed by atoms with Crippen molar-refractivity contribution in [3.8, 4) is 11.3 Å². The fourth-order valence-electron chi connectivity index (χ4n) is 3.49. The molecule has 0 bridgehead atoms. The van der Waals surface area contributed by atoms with E-state index in [1.54, 1.807) is 10.9 Å². The fourth-order valence-corrected chi connectivity index (χ4v) is 3.49. The van der Waals surface area contributed by atoms with Crippen LogP contribution in [0, 0.1) is 6.92 Å². The summed E-state index contributed by atoms with van der Waals surface area (Å²) in [5.41, 5.74) is 4.38. The van der Waals surface area contributed by atoms with E-state index < -0.39 is 0 Å². The molecular formula is C17H22N6O. The minimum atomic E-state index is 0.408. The normalized spacial score (nSPS) is 18.5. The molecule has 24 heavy (non-hydrogen) atoms. The van der Waals surface area contributed by atoms with Gasteiger partial charge in [0.15, 0.2) is 5.76 Å². The van der Waals surface area contributed by atoms with Crippen LogP contribution < -0.4 is 0 Å². The van der Waals surface area contributed by atoms with Gasteiger partial charge in [0.2, 0.25) is 0 Å². The van der Waals surface area contributed by atoms with E-state index >= 15 is 0 Å². The second-order valence-corrected chi connectivity index (χ2v) is 6.52. The summed E-state index contributed by atoms with van der Waals surface area (Å²) in [6.45, 7) is 3.97. The monoisotopic (exact) mass is 326 g/mol. The Bertz CT molecular complexity index is 845. The number of likely N-dealkylation sites (tertiary alicyclic amines) is 1. The number of rotatable bonds is 4. The Labute approximate surface area is 140 Å². The highest BCUT2D eigenvalue weighted by Gasteiger charge is 2.29. The van der Waals surface area contributed by atoms with Crippen molar-refractivity contribution in [3.63, 3.8) is 0 Å². The van der Waals surface area contributed by atoms with Crippen molar-refractivity contribution in [2.45, 2.75) is 32.4 Å². The number of aryl methyl sites for hydroxylation is 2. The van der Waals surface area contributed by atoms with Crippen LogP contribution in [-0.2, 0) is 20.6 Å². The lowest BCUT2D eigenvalue weighted by Crippen LogP contribution is -2.22. The van der Waals surface area contributed by atoms with Crippen LogP contribution in [0.15, 0.2) is 29.2 Å². The minimum absolute atomic E-state index is 0.408. The summed E-state index contributed by atoms with van der Waals surface area (Å²) < 4.78 is 9.27. The molecule has 4 rings (SSSR count). The molecule has 0 radical (unpaired) electrons. The van der Waals surface area contributed by atoms with Crippen molar-refractivity contribution in [2.24, 2.45) is 14.1 Å². The minimum Gasteiger partial charge on any atom is -0.359 e. The van der Waals surface area contributed by atoms with Crippen molar-refractivity contribution in [2.75, 3.05) is 6.54 Å². The molecule has 3 aromatic rings. The molecule has 3 aromatic heterocycles. The molecule has 0 spiro atoms. The van der Waals surface area contributed by atoms with Crippen molar-refractivity contribution in [1.82, 2.24) is 29.6 Å². The molecule has 1 saturated heterocycles. The average molecular weight is 326 g/mol. The van der Waals surface area contributed by atoms with Gasteiger partial charge in [-0.05, 0) is 26.3 Å². The van der Waals surface area contributed by atoms with Gasteiger partial charge in [-0.2, -0.15) is 10.2 Å². The number of hydrogen-bond donors (Lipinski definition) is 0. The first-order valence-corrected chi connectivity index (χ1v) is 8.29. The van der Waals surface area contributed by atoms with Crippen molar-refractivity contribution in [1.29, 1.82) is 0 Å². The zero-order chi connectivity index (χ0) is 16.7. The maximum absolute atomic E-state index is 5.56. The van der Waals surface area contributed by atoms with Gasteiger partial charge in [-0.25, -0.2) is 0 Å². The predicted octanol–water partition coefficient (Wildman–Crippen LogP) is 2.45. The van der Waals surface area contributed by atoms with Crippen molar-refractivity contribution in [3.05, 3.63) is 41.7 Å². The topological polar surface area (TPSA) is 64.9 Å². The number of nitrogens with zero attached hydrogens (tertiary/aromatic N) is 6. The van der Waals surface area contributed by atoms with Gasteiger partial charge in [0.1, 0.15) is 5.69 Å². The lowest BCUT2D eigenvalue weighted by Gasteiger charge is -2.23. The van der Waals surface area contributed by atoms with E-state index in [0.29, 0.717) is 6.04 Å². The third-order valence-electron chi connectivity index (χ3n) is 4.91. The van der Waals surface area contributed by atoms with Crippen LogP contribution in [-0.4, -0.2) is 36.2 Å². The quantitative estimate of drug-likeness (QED) is 0.737. The molecule has 0 N–H and O–H groups in total. The zero-order valence-electron chi connectivity index (χ0n) is 14.3. The van der Waals surface area contributed by atoms with Gasteiger partial charge < -0.3 is 4.52 Å². The Balaban J connectivity index is 1.52. The molecular weight excluding hydrogens is 304 g/mol. The average Bonchev–Trinajstić information content (AvgIpc) is 3.32. The summed E-state index contributed by atoms with van der Waals surface area (Å²) in [5, 5.41) is 12.8. The molecule has 0 amide bonds. The number of aromatic nitrogens is 5. The Hall–Kier alpha value is -2.41. The fraction of sp³-hybridized carbons (Fsp3) is 0.471. The summed E-state index contributed by atoms with van der Waals surface area (Å²) in [6, 6.07) is 2.42. The van der Waals surface area contributed by atoms with E-state index in [-0.39, 0.29) is 0 Å². The first-order chi connectivity index (χ1) is 11.6. The molecule has 1 aliphatic heterocycles. The molecule has 1 fully saturated rings. The Kier molecular flexibility index (Phi) is 3.72. The predicted molar refractivity (Wildman–Crippen MR) is 89.0 cm³/mol. The van der Waals surface area contributed by atoms with Crippen molar-refractivity contribution < 1.29 is 4.52 Å². The second kappa shape index (κ2) is 5.90. The van der Waals surface area contributed by atoms with E-state index in [2.05, 4.69) is 27.2 Å². The second-order valence-electron chi connectivity index (χ2n) is 6.52. The van der Waals surface area contributed by atoms with Crippen LogP contribution in [0.1, 0.15) is 35.9 Å². The lowest BCUT2D eigenvalue weighted by atomic mass is 10.1. The highest BCUT2D eigenvalue weighted by Crippen LogP contribution is 2.34. The summed E-state index contributed by atoms with van der Waals surface area (Å²) in [5.74, 6) is 0.891. The summed E-state index contributed by atoms with van der Waals surface area (Å²) in [4.78, 5) is 2.46. The summed E-state index contributed by atoms with van der Waals surface area (Å²) >= 11 is 0. The van der Waals surface area contributed by atoms with Crippen LogP contribution in [0.5, 0.6) is 0 Å². The molecule has 7 heteroatoms. The Morgan fingerprint density at radius 1 is 1.25 bits per heavy atom. The third-order valence-corrected chi connectivity index (χ3v) is 4.91. The van der Waals surface area contributed by atoms with E-state index in [1.165, 1.54) is 17.7 Å². The molecule has 1 atom stereocenters. The highest BCUT2D eigenvalue weighted by atomic mass is 16.5. The first kappa shape index (κ1) is 15.1. The van der Waals surface area contributed by atoms with Gasteiger partial charge in [0.25, 0.3) is 0 Å². The van der Waals surface area contributed by atoms with Gasteiger partial charge in [-0.3, -0.25) is 14.3 Å².